The summed E-state index contributed by atoms with van der Waals surface area (Å²) in [6.45, 7) is 0.155. The van der Waals surface area contributed by atoms with Crippen molar-refractivity contribution in [3.8, 4) is 0 Å². The molecule has 0 aromatic carbocycles. The number of amides is 1. The SMILES string of the molecule is O=C(CCCc1ccccn1)N[C@@H]1C=C[C@H](CO)C1. The van der Waals surface area contributed by atoms with Crippen LogP contribution in [0.25, 0.3) is 0 Å². The summed E-state index contributed by atoms with van der Waals surface area (Å²) in [6, 6.07) is 5.91. The van der Waals surface area contributed by atoms with Gasteiger partial charge in [-0.3, -0.25) is 9.78 Å². The zero-order valence-electron chi connectivity index (χ0n) is 11.0. The number of aryl methyl sites for hydroxylation is 1. The maximum Gasteiger partial charge on any atom is 0.220 e. The average Bonchev–Trinajstić information content (AvgIpc) is 2.87. The van der Waals surface area contributed by atoms with Crippen molar-refractivity contribution in [2.24, 2.45) is 5.92 Å². The van der Waals surface area contributed by atoms with Crippen LogP contribution in [0.2, 0.25) is 0 Å². The summed E-state index contributed by atoms with van der Waals surface area (Å²) < 4.78 is 0. The van der Waals surface area contributed by atoms with Crippen LogP contribution >= 0.6 is 0 Å². The number of aliphatic hydroxyl groups is 1. The molecule has 1 aliphatic rings. The number of carbonyl (C=O) groups is 1. The number of aromatic nitrogens is 1. The fourth-order valence-electron chi connectivity index (χ4n) is 2.27. The molecule has 0 saturated heterocycles. The highest BCUT2D eigenvalue weighted by atomic mass is 16.3. The molecule has 102 valence electrons. The van der Waals surface area contributed by atoms with Crippen LogP contribution < -0.4 is 5.32 Å². The smallest absolute Gasteiger partial charge is 0.220 e. The molecule has 0 bridgehead atoms. The second-order valence-electron chi connectivity index (χ2n) is 4.91. The van der Waals surface area contributed by atoms with E-state index in [-0.39, 0.29) is 24.5 Å². The van der Waals surface area contributed by atoms with Crippen molar-refractivity contribution in [2.45, 2.75) is 31.7 Å². The fourth-order valence-corrected chi connectivity index (χ4v) is 2.27. The van der Waals surface area contributed by atoms with Gasteiger partial charge >= 0.3 is 0 Å². The van der Waals surface area contributed by atoms with E-state index in [2.05, 4.69) is 10.3 Å². The van der Waals surface area contributed by atoms with Gasteiger partial charge in [0.15, 0.2) is 0 Å². The van der Waals surface area contributed by atoms with E-state index >= 15 is 0 Å². The van der Waals surface area contributed by atoms with Gasteiger partial charge in [0.2, 0.25) is 5.91 Å². The topological polar surface area (TPSA) is 62.2 Å². The number of aliphatic hydroxyl groups excluding tert-OH is 1. The summed E-state index contributed by atoms with van der Waals surface area (Å²) in [5.74, 6) is 0.267. The van der Waals surface area contributed by atoms with Crippen LogP contribution in [-0.2, 0) is 11.2 Å². The Bertz CT molecular complexity index is 431. The Labute approximate surface area is 113 Å². The van der Waals surface area contributed by atoms with Crippen LogP contribution in [0.15, 0.2) is 36.5 Å². The van der Waals surface area contributed by atoms with Gasteiger partial charge in [-0.1, -0.05) is 18.2 Å². The second kappa shape index (κ2) is 7.04. The molecule has 0 fully saturated rings. The summed E-state index contributed by atoms with van der Waals surface area (Å²) in [4.78, 5) is 16.0. The summed E-state index contributed by atoms with van der Waals surface area (Å²) in [5, 5.41) is 12.0. The minimum atomic E-state index is 0.0733. The van der Waals surface area contributed by atoms with Crippen molar-refractivity contribution in [3.05, 3.63) is 42.2 Å². The van der Waals surface area contributed by atoms with Gasteiger partial charge < -0.3 is 10.4 Å². The zero-order valence-corrected chi connectivity index (χ0v) is 11.0. The first-order chi connectivity index (χ1) is 9.28. The Balaban J connectivity index is 1.64. The lowest BCUT2D eigenvalue weighted by Gasteiger charge is -2.12. The van der Waals surface area contributed by atoms with Gasteiger partial charge in [0, 0.05) is 36.9 Å². The molecule has 0 radical (unpaired) electrons. The lowest BCUT2D eigenvalue weighted by Crippen LogP contribution is -2.32. The number of pyridine rings is 1. The van der Waals surface area contributed by atoms with Crippen LogP contribution in [-0.4, -0.2) is 28.6 Å². The molecule has 0 aliphatic heterocycles. The Morgan fingerprint density at radius 1 is 1.42 bits per heavy atom. The van der Waals surface area contributed by atoms with Crippen molar-refractivity contribution >= 4 is 5.91 Å². The summed E-state index contributed by atoms with van der Waals surface area (Å²) in [6.07, 6.45) is 8.67. The third kappa shape index (κ3) is 4.48. The Hall–Kier alpha value is -1.68. The van der Waals surface area contributed by atoms with Gasteiger partial charge in [-0.2, -0.15) is 0 Å². The summed E-state index contributed by atoms with van der Waals surface area (Å²) >= 11 is 0. The first-order valence-electron chi connectivity index (χ1n) is 6.76. The van der Waals surface area contributed by atoms with E-state index in [9.17, 15) is 4.79 Å². The number of nitrogens with one attached hydrogen (secondary N) is 1. The number of rotatable bonds is 6. The lowest BCUT2D eigenvalue weighted by atomic mass is 10.1. The molecule has 19 heavy (non-hydrogen) atoms. The lowest BCUT2D eigenvalue weighted by molar-refractivity contribution is -0.121. The molecule has 1 aliphatic carbocycles. The van der Waals surface area contributed by atoms with Gasteiger partial charge in [0.05, 0.1) is 0 Å². The minimum absolute atomic E-state index is 0.0733. The average molecular weight is 260 g/mol. The van der Waals surface area contributed by atoms with Crippen LogP contribution in [0.3, 0.4) is 0 Å². The molecule has 4 heteroatoms. The van der Waals surface area contributed by atoms with Gasteiger partial charge in [-0.25, -0.2) is 0 Å². The molecule has 4 nitrogen and oxygen atoms in total. The van der Waals surface area contributed by atoms with Crippen molar-refractivity contribution < 1.29 is 9.90 Å². The van der Waals surface area contributed by atoms with Crippen LogP contribution in [0.1, 0.15) is 25.0 Å². The van der Waals surface area contributed by atoms with Crippen molar-refractivity contribution in [2.75, 3.05) is 6.61 Å². The quantitative estimate of drug-likeness (QED) is 0.761. The molecule has 0 saturated carbocycles. The molecule has 1 aromatic heterocycles. The molecular formula is C15H20N2O2. The number of hydrogen-bond acceptors (Lipinski definition) is 3. The molecular weight excluding hydrogens is 240 g/mol. The largest absolute Gasteiger partial charge is 0.396 e. The molecule has 0 spiro atoms. The molecule has 2 N–H and O–H groups in total. The highest BCUT2D eigenvalue weighted by molar-refractivity contribution is 5.76. The maximum atomic E-state index is 11.8. The van der Waals surface area contributed by atoms with Gasteiger partial charge in [-0.05, 0) is 31.4 Å². The highest BCUT2D eigenvalue weighted by Crippen LogP contribution is 2.17. The van der Waals surface area contributed by atoms with E-state index in [0.29, 0.717) is 6.42 Å². The number of hydrogen-bond donors (Lipinski definition) is 2. The monoisotopic (exact) mass is 260 g/mol. The van der Waals surface area contributed by atoms with E-state index in [1.807, 2.05) is 30.4 Å². The number of nitrogens with zero attached hydrogens (tertiary/aromatic N) is 1. The predicted octanol–water partition coefficient (Wildman–Crippen LogP) is 1.46. The Kier molecular flexibility index (Phi) is 5.10. The van der Waals surface area contributed by atoms with Crippen molar-refractivity contribution in [3.63, 3.8) is 0 Å². The van der Waals surface area contributed by atoms with Crippen LogP contribution in [0, 0.1) is 5.92 Å². The second-order valence-corrected chi connectivity index (χ2v) is 4.91. The van der Waals surface area contributed by atoms with E-state index in [0.717, 1.165) is 25.0 Å². The first-order valence-corrected chi connectivity index (χ1v) is 6.76. The van der Waals surface area contributed by atoms with E-state index in [1.54, 1.807) is 6.20 Å². The molecule has 2 atom stereocenters. The predicted molar refractivity (Wildman–Crippen MR) is 73.4 cm³/mol. The molecule has 1 aromatic rings. The van der Waals surface area contributed by atoms with E-state index < -0.39 is 0 Å². The normalized spacial score (nSPS) is 21.5. The third-order valence-electron chi connectivity index (χ3n) is 3.32. The van der Waals surface area contributed by atoms with Crippen molar-refractivity contribution in [1.82, 2.24) is 10.3 Å². The standard InChI is InChI=1S/C15H20N2O2/c18-11-12-7-8-14(10-12)17-15(19)6-3-5-13-4-1-2-9-16-13/h1-2,4,7-9,12,14,18H,3,5-6,10-11H2,(H,17,19)/t12-,14+/m0/s1. The number of carbonyl (C=O) groups excluding carboxylic acids is 1. The van der Waals surface area contributed by atoms with Crippen LogP contribution in [0.5, 0.6) is 0 Å². The van der Waals surface area contributed by atoms with Crippen LogP contribution in [0.4, 0.5) is 0 Å². The maximum absolute atomic E-state index is 11.8. The van der Waals surface area contributed by atoms with Gasteiger partial charge in [0.1, 0.15) is 0 Å². The zero-order chi connectivity index (χ0) is 13.5. The van der Waals surface area contributed by atoms with Crippen molar-refractivity contribution in [1.29, 1.82) is 0 Å². The van der Waals surface area contributed by atoms with Gasteiger partial charge in [0.25, 0.3) is 0 Å². The fraction of sp³-hybridized carbons (Fsp3) is 0.467. The Morgan fingerprint density at radius 3 is 3.00 bits per heavy atom. The highest BCUT2D eigenvalue weighted by Gasteiger charge is 2.19. The molecule has 0 unspecified atom stereocenters. The third-order valence-corrected chi connectivity index (χ3v) is 3.32. The first kappa shape index (κ1) is 13.7. The van der Waals surface area contributed by atoms with Gasteiger partial charge in [-0.15, -0.1) is 0 Å². The molecule has 2 rings (SSSR count). The van der Waals surface area contributed by atoms with E-state index in [1.165, 1.54) is 0 Å². The minimum Gasteiger partial charge on any atom is -0.396 e. The summed E-state index contributed by atoms with van der Waals surface area (Å²) in [7, 11) is 0. The molecule has 1 amide bonds. The summed E-state index contributed by atoms with van der Waals surface area (Å²) in [5.41, 5.74) is 1.02. The Morgan fingerprint density at radius 2 is 2.32 bits per heavy atom. The van der Waals surface area contributed by atoms with E-state index in [4.69, 9.17) is 5.11 Å². The molecule has 1 heterocycles.